The molecule has 0 atom stereocenters. The van der Waals surface area contributed by atoms with Crippen molar-refractivity contribution in [2.24, 2.45) is 0 Å². The molecule has 14 heavy (non-hydrogen) atoms. The quantitative estimate of drug-likeness (QED) is 0.602. The van der Waals surface area contributed by atoms with Crippen molar-refractivity contribution in [2.75, 3.05) is 7.05 Å². The first kappa shape index (κ1) is 8.62. The van der Waals surface area contributed by atoms with E-state index in [9.17, 15) is 9.59 Å². The Morgan fingerprint density at radius 3 is 2.57 bits per heavy atom. The minimum atomic E-state index is -0.297. The summed E-state index contributed by atoms with van der Waals surface area (Å²) in [7, 11) is 1.46. The molecule has 0 bridgehead atoms. The normalized spacial score (nSPS) is 16.1. The van der Waals surface area contributed by atoms with Crippen LogP contribution in [-0.4, -0.2) is 28.7 Å². The lowest BCUT2D eigenvalue weighted by Crippen LogP contribution is -2.25. The zero-order valence-corrected chi connectivity index (χ0v) is 7.60. The lowest BCUT2D eigenvalue weighted by atomic mass is 10.2. The summed E-state index contributed by atoms with van der Waals surface area (Å²) in [6.45, 7) is 0. The predicted octanol–water partition coefficient (Wildman–Crippen LogP) is 0.464. The minimum absolute atomic E-state index is 0.296. The Bertz CT molecular complexity index is 423. The average Bonchev–Trinajstić information content (AvgIpc) is 2.47. The second kappa shape index (κ2) is 3.06. The van der Waals surface area contributed by atoms with Gasteiger partial charge in [0.15, 0.2) is 0 Å². The van der Waals surface area contributed by atoms with Crippen molar-refractivity contribution >= 4 is 17.4 Å². The number of hydrogen-bond donors (Lipinski definition) is 0. The van der Waals surface area contributed by atoms with E-state index >= 15 is 0 Å². The van der Waals surface area contributed by atoms with Gasteiger partial charge in [0.25, 0.3) is 11.8 Å². The maximum atomic E-state index is 11.5. The third-order valence-corrected chi connectivity index (χ3v) is 2.07. The number of aromatic nitrogens is 1. The Kier molecular flexibility index (Phi) is 1.89. The highest BCUT2D eigenvalue weighted by Gasteiger charge is 2.28. The molecule has 0 aromatic carbocycles. The third kappa shape index (κ3) is 1.21. The number of amides is 2. The van der Waals surface area contributed by atoms with Gasteiger partial charge in [-0.3, -0.25) is 19.5 Å². The summed E-state index contributed by atoms with van der Waals surface area (Å²) in [4.78, 5) is 27.8. The number of carbonyl (C=O) groups is 2. The number of rotatable bonds is 1. The summed E-state index contributed by atoms with van der Waals surface area (Å²) >= 11 is 0. The molecule has 4 nitrogen and oxygen atoms in total. The van der Waals surface area contributed by atoms with E-state index in [0.717, 1.165) is 4.90 Å². The molecular formula is C10H8N2O2. The van der Waals surface area contributed by atoms with Gasteiger partial charge in [-0.2, -0.15) is 0 Å². The topological polar surface area (TPSA) is 50.3 Å². The van der Waals surface area contributed by atoms with E-state index in [2.05, 4.69) is 4.98 Å². The van der Waals surface area contributed by atoms with Crippen LogP contribution in [0.15, 0.2) is 30.5 Å². The smallest absolute Gasteiger partial charge is 0.262 e. The van der Waals surface area contributed by atoms with Crippen LogP contribution in [0.3, 0.4) is 0 Å². The first-order chi connectivity index (χ1) is 6.70. The van der Waals surface area contributed by atoms with Crippen molar-refractivity contribution in [3.63, 3.8) is 0 Å². The predicted molar refractivity (Wildman–Crippen MR) is 50.0 cm³/mol. The van der Waals surface area contributed by atoms with Crippen LogP contribution in [0.25, 0.3) is 5.57 Å². The van der Waals surface area contributed by atoms with Crippen LogP contribution < -0.4 is 0 Å². The Balaban J connectivity index is 2.43. The van der Waals surface area contributed by atoms with Gasteiger partial charge in [-0.1, -0.05) is 6.07 Å². The van der Waals surface area contributed by atoms with E-state index in [0.29, 0.717) is 11.3 Å². The van der Waals surface area contributed by atoms with Crippen molar-refractivity contribution in [3.05, 3.63) is 36.2 Å². The Hall–Kier alpha value is -1.97. The number of hydrogen-bond acceptors (Lipinski definition) is 3. The molecule has 70 valence electrons. The van der Waals surface area contributed by atoms with Gasteiger partial charge in [0.05, 0.1) is 11.3 Å². The minimum Gasteiger partial charge on any atom is -0.278 e. The van der Waals surface area contributed by atoms with Gasteiger partial charge in [0, 0.05) is 19.3 Å². The van der Waals surface area contributed by atoms with E-state index in [4.69, 9.17) is 0 Å². The molecular weight excluding hydrogens is 180 g/mol. The summed E-state index contributed by atoms with van der Waals surface area (Å²) in [5.74, 6) is -0.593. The molecule has 2 rings (SSSR count). The fourth-order valence-corrected chi connectivity index (χ4v) is 1.27. The summed E-state index contributed by atoms with van der Waals surface area (Å²) in [5.41, 5.74) is 0.897. The standard InChI is InChI=1S/C10H8N2O2/c1-12-9(13)6-7(10(12)14)8-4-2-3-5-11-8/h2-6H,1H3. The molecule has 1 aromatic heterocycles. The van der Waals surface area contributed by atoms with Gasteiger partial charge >= 0.3 is 0 Å². The SMILES string of the molecule is CN1C(=O)C=C(c2ccccn2)C1=O. The van der Waals surface area contributed by atoms with E-state index in [1.807, 2.05) is 0 Å². The largest absolute Gasteiger partial charge is 0.278 e. The molecule has 0 N–H and O–H groups in total. The van der Waals surface area contributed by atoms with E-state index in [1.165, 1.54) is 13.1 Å². The fourth-order valence-electron chi connectivity index (χ4n) is 1.27. The molecule has 1 aliphatic rings. The number of nitrogens with zero attached hydrogens (tertiary/aromatic N) is 2. The summed E-state index contributed by atoms with van der Waals surface area (Å²) in [6, 6.07) is 5.24. The highest BCUT2D eigenvalue weighted by Crippen LogP contribution is 2.19. The van der Waals surface area contributed by atoms with Crippen LogP contribution in [-0.2, 0) is 9.59 Å². The van der Waals surface area contributed by atoms with Crippen LogP contribution in [0.2, 0.25) is 0 Å². The van der Waals surface area contributed by atoms with Gasteiger partial charge in [0.1, 0.15) is 0 Å². The number of likely N-dealkylation sites (N-methyl/N-ethyl adjacent to an activating group) is 1. The first-order valence-electron chi connectivity index (χ1n) is 4.15. The van der Waals surface area contributed by atoms with Crippen LogP contribution in [0, 0.1) is 0 Å². The van der Waals surface area contributed by atoms with Crippen LogP contribution >= 0.6 is 0 Å². The second-order valence-corrected chi connectivity index (χ2v) is 2.98. The van der Waals surface area contributed by atoms with Gasteiger partial charge in [-0.05, 0) is 12.1 Å². The summed E-state index contributed by atoms with van der Waals surface area (Å²) in [6.07, 6.45) is 2.90. The maximum absolute atomic E-state index is 11.5. The summed E-state index contributed by atoms with van der Waals surface area (Å²) in [5, 5.41) is 0. The summed E-state index contributed by atoms with van der Waals surface area (Å²) < 4.78 is 0. The molecule has 1 aliphatic heterocycles. The average molecular weight is 188 g/mol. The molecule has 0 unspecified atom stereocenters. The molecule has 0 fully saturated rings. The molecule has 1 aromatic rings. The van der Waals surface area contributed by atoms with Crippen LogP contribution in [0.5, 0.6) is 0 Å². The Labute approximate surface area is 80.9 Å². The first-order valence-corrected chi connectivity index (χ1v) is 4.15. The van der Waals surface area contributed by atoms with Crippen LogP contribution in [0.1, 0.15) is 5.69 Å². The van der Waals surface area contributed by atoms with E-state index in [1.54, 1.807) is 24.4 Å². The van der Waals surface area contributed by atoms with E-state index in [-0.39, 0.29) is 11.8 Å². The van der Waals surface area contributed by atoms with Gasteiger partial charge in [0.2, 0.25) is 0 Å². The lowest BCUT2D eigenvalue weighted by molar-refractivity contribution is -0.134. The molecule has 0 saturated carbocycles. The Morgan fingerprint density at radius 2 is 2.07 bits per heavy atom. The fraction of sp³-hybridized carbons (Fsp3) is 0.100. The third-order valence-electron chi connectivity index (χ3n) is 2.07. The highest BCUT2D eigenvalue weighted by molar-refractivity contribution is 6.32. The van der Waals surface area contributed by atoms with Crippen LogP contribution in [0.4, 0.5) is 0 Å². The molecule has 2 amide bonds. The lowest BCUT2D eigenvalue weighted by Gasteiger charge is -2.05. The van der Waals surface area contributed by atoms with Gasteiger partial charge in [-0.25, -0.2) is 0 Å². The molecule has 0 saturated heterocycles. The highest BCUT2D eigenvalue weighted by atomic mass is 16.2. The monoisotopic (exact) mass is 188 g/mol. The molecule has 2 heterocycles. The molecule has 0 spiro atoms. The molecule has 0 aliphatic carbocycles. The van der Waals surface area contributed by atoms with Crippen molar-refractivity contribution in [3.8, 4) is 0 Å². The van der Waals surface area contributed by atoms with Gasteiger partial charge in [-0.15, -0.1) is 0 Å². The number of carbonyl (C=O) groups excluding carboxylic acids is 2. The second-order valence-electron chi connectivity index (χ2n) is 2.98. The Morgan fingerprint density at radius 1 is 1.29 bits per heavy atom. The van der Waals surface area contributed by atoms with Gasteiger partial charge < -0.3 is 0 Å². The molecule has 0 radical (unpaired) electrons. The number of pyridine rings is 1. The maximum Gasteiger partial charge on any atom is 0.262 e. The van der Waals surface area contributed by atoms with Crippen molar-refractivity contribution < 1.29 is 9.59 Å². The number of imide groups is 1. The van der Waals surface area contributed by atoms with Crippen molar-refractivity contribution in [2.45, 2.75) is 0 Å². The van der Waals surface area contributed by atoms with Crippen molar-refractivity contribution in [1.29, 1.82) is 0 Å². The zero-order chi connectivity index (χ0) is 10.1. The van der Waals surface area contributed by atoms with Crippen molar-refractivity contribution in [1.82, 2.24) is 9.88 Å². The van der Waals surface area contributed by atoms with E-state index < -0.39 is 0 Å². The zero-order valence-electron chi connectivity index (χ0n) is 7.60. The molecule has 4 heteroatoms.